The molecule has 0 spiro atoms. The van der Waals surface area contributed by atoms with Crippen LogP contribution in [0.5, 0.6) is 0 Å². The highest BCUT2D eigenvalue weighted by molar-refractivity contribution is 9.10. The summed E-state index contributed by atoms with van der Waals surface area (Å²) in [6.07, 6.45) is 4.22. The first-order valence-corrected chi connectivity index (χ1v) is 6.24. The van der Waals surface area contributed by atoms with Crippen LogP contribution in [0.2, 0.25) is 0 Å². The number of halogens is 1. The Hall–Kier alpha value is -0.740. The summed E-state index contributed by atoms with van der Waals surface area (Å²) < 4.78 is 1.18. The van der Waals surface area contributed by atoms with Gasteiger partial charge in [0.15, 0.2) is 0 Å². The quantitative estimate of drug-likeness (QED) is 0.706. The summed E-state index contributed by atoms with van der Waals surface area (Å²) in [7, 11) is 0. The minimum atomic E-state index is 0.973. The molecule has 1 rings (SSSR count). The Bertz CT molecular complexity index is 369. The summed E-state index contributed by atoms with van der Waals surface area (Å²) in [4.78, 5) is 0. The Morgan fingerprint density at radius 2 is 1.93 bits per heavy atom. The van der Waals surface area contributed by atoms with Gasteiger partial charge in [-0.15, -0.1) is 11.8 Å². The average Bonchev–Trinajstić information content (AvgIpc) is 2.23. The molecule has 0 aliphatic carbocycles. The number of rotatable bonds is 3. The van der Waals surface area contributed by atoms with E-state index in [0.717, 1.165) is 25.7 Å². The van der Waals surface area contributed by atoms with E-state index in [1.54, 1.807) is 0 Å². The zero-order chi connectivity index (χ0) is 11.1. The second kappa shape index (κ2) is 6.69. The predicted octanol–water partition coefficient (Wildman–Crippen LogP) is 4.49. The van der Waals surface area contributed by atoms with E-state index in [-0.39, 0.29) is 0 Å². The zero-order valence-electron chi connectivity index (χ0n) is 9.44. The standard InChI is InChI=1S/C14H17Br/c1-3-4-5-6-7-8-13-9-10-14(15)12(2)11-13/h9-11H,3-4,7-8H2,1-2H3. The third kappa shape index (κ3) is 4.53. The Kier molecular flexibility index (Phi) is 5.50. The molecule has 0 aromatic heterocycles. The van der Waals surface area contributed by atoms with Crippen molar-refractivity contribution in [3.8, 4) is 11.8 Å². The Labute approximate surface area is 101 Å². The number of benzene rings is 1. The summed E-state index contributed by atoms with van der Waals surface area (Å²) in [5, 5.41) is 0. The van der Waals surface area contributed by atoms with Crippen molar-refractivity contribution >= 4 is 15.9 Å². The van der Waals surface area contributed by atoms with E-state index in [1.807, 2.05) is 0 Å². The van der Waals surface area contributed by atoms with Crippen molar-refractivity contribution in [1.29, 1.82) is 0 Å². The molecule has 15 heavy (non-hydrogen) atoms. The lowest BCUT2D eigenvalue weighted by Crippen LogP contribution is -1.85. The number of hydrogen-bond acceptors (Lipinski definition) is 0. The van der Waals surface area contributed by atoms with E-state index in [9.17, 15) is 0 Å². The second-order valence-corrected chi connectivity index (χ2v) is 4.54. The maximum Gasteiger partial charge on any atom is 0.0204 e. The molecule has 1 aromatic rings. The maximum atomic E-state index is 3.50. The van der Waals surface area contributed by atoms with E-state index in [4.69, 9.17) is 0 Å². The third-order valence-corrected chi connectivity index (χ3v) is 3.15. The number of hydrogen-bond donors (Lipinski definition) is 0. The third-order valence-electron chi connectivity index (χ3n) is 2.26. The van der Waals surface area contributed by atoms with Crippen LogP contribution in [0.4, 0.5) is 0 Å². The molecule has 0 aliphatic rings. The Morgan fingerprint density at radius 3 is 2.60 bits per heavy atom. The van der Waals surface area contributed by atoms with Gasteiger partial charge in [0, 0.05) is 17.3 Å². The molecule has 0 bridgehead atoms. The molecule has 0 saturated heterocycles. The highest BCUT2D eigenvalue weighted by Gasteiger charge is 1.96. The zero-order valence-corrected chi connectivity index (χ0v) is 11.0. The van der Waals surface area contributed by atoms with Crippen molar-refractivity contribution in [3.05, 3.63) is 33.8 Å². The fraction of sp³-hybridized carbons (Fsp3) is 0.429. The molecule has 1 aromatic carbocycles. The van der Waals surface area contributed by atoms with Crippen LogP contribution in [0.1, 0.15) is 37.3 Å². The van der Waals surface area contributed by atoms with Crippen molar-refractivity contribution < 1.29 is 0 Å². The van der Waals surface area contributed by atoms with Gasteiger partial charge in [-0.25, -0.2) is 0 Å². The summed E-state index contributed by atoms with van der Waals surface area (Å²) >= 11 is 3.50. The molecular formula is C14H17Br. The summed E-state index contributed by atoms with van der Waals surface area (Å²) in [6, 6.07) is 6.51. The molecule has 80 valence electrons. The van der Waals surface area contributed by atoms with E-state index in [1.165, 1.54) is 15.6 Å². The van der Waals surface area contributed by atoms with Crippen LogP contribution in [0.25, 0.3) is 0 Å². The largest absolute Gasteiger partial charge is 0.103 e. The Balaban J connectivity index is 2.45. The van der Waals surface area contributed by atoms with E-state index >= 15 is 0 Å². The topological polar surface area (TPSA) is 0 Å². The van der Waals surface area contributed by atoms with E-state index < -0.39 is 0 Å². The lowest BCUT2D eigenvalue weighted by Gasteiger charge is -2.01. The van der Waals surface area contributed by atoms with Gasteiger partial charge in [0.05, 0.1) is 0 Å². The molecule has 0 aliphatic heterocycles. The molecule has 0 unspecified atom stereocenters. The fourth-order valence-electron chi connectivity index (χ4n) is 1.37. The first-order valence-electron chi connectivity index (χ1n) is 5.44. The van der Waals surface area contributed by atoms with Crippen LogP contribution in [0, 0.1) is 18.8 Å². The van der Waals surface area contributed by atoms with Gasteiger partial charge in [-0.2, -0.15) is 0 Å². The van der Waals surface area contributed by atoms with Crippen LogP contribution in [0.3, 0.4) is 0 Å². The van der Waals surface area contributed by atoms with Gasteiger partial charge in [-0.3, -0.25) is 0 Å². The molecule has 0 heterocycles. The van der Waals surface area contributed by atoms with Gasteiger partial charge in [-0.05, 0) is 37.0 Å². The lowest BCUT2D eigenvalue weighted by atomic mass is 10.1. The maximum absolute atomic E-state index is 3.50. The monoisotopic (exact) mass is 264 g/mol. The lowest BCUT2D eigenvalue weighted by molar-refractivity contribution is 0.973. The van der Waals surface area contributed by atoms with Crippen molar-refractivity contribution in [2.24, 2.45) is 0 Å². The van der Waals surface area contributed by atoms with Crippen molar-refractivity contribution in [3.63, 3.8) is 0 Å². The van der Waals surface area contributed by atoms with Gasteiger partial charge in [-0.1, -0.05) is 35.0 Å². The average molecular weight is 265 g/mol. The summed E-state index contributed by atoms with van der Waals surface area (Å²) in [6.45, 7) is 4.28. The van der Waals surface area contributed by atoms with Crippen molar-refractivity contribution in [2.45, 2.75) is 39.5 Å². The van der Waals surface area contributed by atoms with Crippen LogP contribution in [-0.4, -0.2) is 0 Å². The normalized spacial score (nSPS) is 9.53. The van der Waals surface area contributed by atoms with Crippen LogP contribution >= 0.6 is 15.9 Å². The van der Waals surface area contributed by atoms with Gasteiger partial charge in [0.2, 0.25) is 0 Å². The van der Waals surface area contributed by atoms with Gasteiger partial charge in [0.1, 0.15) is 0 Å². The van der Waals surface area contributed by atoms with E-state index in [2.05, 4.69) is 59.8 Å². The van der Waals surface area contributed by atoms with Crippen molar-refractivity contribution in [1.82, 2.24) is 0 Å². The van der Waals surface area contributed by atoms with Gasteiger partial charge >= 0.3 is 0 Å². The molecule has 0 N–H and O–H groups in total. The van der Waals surface area contributed by atoms with Gasteiger partial charge < -0.3 is 0 Å². The Morgan fingerprint density at radius 1 is 1.20 bits per heavy atom. The van der Waals surface area contributed by atoms with Crippen LogP contribution in [-0.2, 0) is 6.42 Å². The summed E-state index contributed by atoms with van der Waals surface area (Å²) in [5.74, 6) is 6.38. The minimum Gasteiger partial charge on any atom is -0.103 e. The molecule has 1 heteroatoms. The summed E-state index contributed by atoms with van der Waals surface area (Å²) in [5.41, 5.74) is 2.68. The van der Waals surface area contributed by atoms with Crippen LogP contribution in [0.15, 0.2) is 22.7 Å². The fourth-order valence-corrected chi connectivity index (χ4v) is 1.62. The van der Waals surface area contributed by atoms with Gasteiger partial charge in [0.25, 0.3) is 0 Å². The highest BCUT2D eigenvalue weighted by Crippen LogP contribution is 2.17. The molecule has 0 fully saturated rings. The van der Waals surface area contributed by atoms with Crippen LogP contribution < -0.4 is 0 Å². The molecule has 0 radical (unpaired) electrons. The second-order valence-electron chi connectivity index (χ2n) is 3.69. The smallest absolute Gasteiger partial charge is 0.0204 e. The molecule has 0 nitrogen and oxygen atoms in total. The molecule has 0 saturated carbocycles. The predicted molar refractivity (Wildman–Crippen MR) is 69.9 cm³/mol. The molecule has 0 amide bonds. The number of unbranched alkanes of at least 4 members (excludes halogenated alkanes) is 1. The molecular weight excluding hydrogens is 248 g/mol. The highest BCUT2D eigenvalue weighted by atomic mass is 79.9. The first kappa shape index (κ1) is 12.3. The minimum absolute atomic E-state index is 0.973. The number of aryl methyl sites for hydroxylation is 2. The SMILES string of the molecule is CCCC#CCCc1ccc(Br)c(C)c1. The van der Waals surface area contributed by atoms with E-state index in [0.29, 0.717) is 0 Å². The molecule has 0 atom stereocenters. The van der Waals surface area contributed by atoms with Crippen molar-refractivity contribution in [2.75, 3.05) is 0 Å². The first-order chi connectivity index (χ1) is 7.24.